The number of benzene rings is 2. The summed E-state index contributed by atoms with van der Waals surface area (Å²) < 4.78 is 1.17. The van der Waals surface area contributed by atoms with E-state index in [1.54, 1.807) is 11.3 Å². The number of thiazole rings is 1. The van der Waals surface area contributed by atoms with E-state index in [0.29, 0.717) is 5.56 Å². The highest BCUT2D eigenvalue weighted by atomic mass is 32.1. The molecular formula is C16H11NOS. The van der Waals surface area contributed by atoms with Crippen molar-refractivity contribution >= 4 is 40.0 Å². The second-order valence-corrected chi connectivity index (χ2v) is 5.16. The van der Waals surface area contributed by atoms with Crippen LogP contribution < -0.4 is 0 Å². The SMILES string of the molecule is O=Cc1ccccc1C=Cc1nc2ccccc2s1. The van der Waals surface area contributed by atoms with E-state index < -0.39 is 0 Å². The van der Waals surface area contributed by atoms with Gasteiger partial charge in [0.2, 0.25) is 0 Å². The van der Waals surface area contributed by atoms with Gasteiger partial charge in [-0.2, -0.15) is 0 Å². The molecule has 0 radical (unpaired) electrons. The summed E-state index contributed by atoms with van der Waals surface area (Å²) >= 11 is 1.64. The van der Waals surface area contributed by atoms with Crippen molar-refractivity contribution in [3.63, 3.8) is 0 Å². The van der Waals surface area contributed by atoms with Gasteiger partial charge >= 0.3 is 0 Å². The van der Waals surface area contributed by atoms with Crippen molar-refractivity contribution in [1.82, 2.24) is 4.98 Å². The van der Waals surface area contributed by atoms with Gasteiger partial charge in [0.05, 0.1) is 10.2 Å². The van der Waals surface area contributed by atoms with Crippen LogP contribution in [0.5, 0.6) is 0 Å². The number of fused-ring (bicyclic) bond motifs is 1. The van der Waals surface area contributed by atoms with Gasteiger partial charge in [0, 0.05) is 5.56 Å². The van der Waals surface area contributed by atoms with Gasteiger partial charge in [-0.15, -0.1) is 11.3 Å². The molecule has 0 saturated heterocycles. The fraction of sp³-hybridized carbons (Fsp3) is 0. The van der Waals surface area contributed by atoms with E-state index in [1.165, 1.54) is 4.70 Å². The summed E-state index contributed by atoms with van der Waals surface area (Å²) in [5.74, 6) is 0. The summed E-state index contributed by atoms with van der Waals surface area (Å²) in [5.41, 5.74) is 2.62. The number of para-hydroxylation sites is 1. The van der Waals surface area contributed by atoms with E-state index >= 15 is 0 Å². The molecule has 0 N–H and O–H groups in total. The van der Waals surface area contributed by atoms with Crippen molar-refractivity contribution in [1.29, 1.82) is 0 Å². The number of aldehydes is 1. The van der Waals surface area contributed by atoms with Crippen LogP contribution in [0, 0.1) is 0 Å². The van der Waals surface area contributed by atoms with Crippen molar-refractivity contribution in [3.8, 4) is 0 Å². The third kappa shape index (κ3) is 2.46. The molecule has 0 saturated carbocycles. The Morgan fingerprint density at radius 2 is 1.63 bits per heavy atom. The van der Waals surface area contributed by atoms with Gasteiger partial charge in [-0.1, -0.05) is 42.5 Å². The van der Waals surface area contributed by atoms with E-state index in [4.69, 9.17) is 0 Å². The molecule has 1 aromatic heterocycles. The molecule has 2 nitrogen and oxygen atoms in total. The first-order valence-electron chi connectivity index (χ1n) is 5.95. The molecule has 0 aliphatic carbocycles. The number of carbonyl (C=O) groups excluding carboxylic acids is 1. The number of hydrogen-bond donors (Lipinski definition) is 0. The number of rotatable bonds is 3. The Kier molecular flexibility index (Phi) is 3.21. The standard InChI is InChI=1S/C16H11NOS/c18-11-13-6-2-1-5-12(13)9-10-16-17-14-7-3-4-8-15(14)19-16/h1-11H. The monoisotopic (exact) mass is 265 g/mol. The van der Waals surface area contributed by atoms with Crippen LogP contribution in [0.15, 0.2) is 48.5 Å². The van der Waals surface area contributed by atoms with Crippen molar-refractivity contribution < 1.29 is 4.79 Å². The molecule has 3 aromatic rings. The van der Waals surface area contributed by atoms with Crippen LogP contribution >= 0.6 is 11.3 Å². The molecule has 0 fully saturated rings. The molecule has 0 spiro atoms. The van der Waals surface area contributed by atoms with Gasteiger partial charge in [0.15, 0.2) is 6.29 Å². The Morgan fingerprint density at radius 3 is 2.42 bits per heavy atom. The van der Waals surface area contributed by atoms with E-state index in [1.807, 2.05) is 54.6 Å². The van der Waals surface area contributed by atoms with Crippen LogP contribution in [0.3, 0.4) is 0 Å². The predicted octanol–water partition coefficient (Wildman–Crippen LogP) is 4.28. The number of aromatic nitrogens is 1. The third-order valence-electron chi connectivity index (χ3n) is 2.84. The maximum atomic E-state index is 10.9. The van der Waals surface area contributed by atoms with Crippen LogP contribution in [0.25, 0.3) is 22.4 Å². The molecule has 0 aliphatic rings. The highest BCUT2D eigenvalue weighted by Crippen LogP contribution is 2.23. The minimum absolute atomic E-state index is 0.694. The molecule has 1 heterocycles. The van der Waals surface area contributed by atoms with Crippen molar-refractivity contribution in [3.05, 3.63) is 64.7 Å². The molecule has 92 valence electrons. The maximum Gasteiger partial charge on any atom is 0.150 e. The van der Waals surface area contributed by atoms with Crippen molar-refractivity contribution in [2.45, 2.75) is 0 Å². The number of nitrogens with zero attached hydrogens (tertiary/aromatic N) is 1. The quantitative estimate of drug-likeness (QED) is 0.662. The van der Waals surface area contributed by atoms with Crippen molar-refractivity contribution in [2.24, 2.45) is 0 Å². The van der Waals surface area contributed by atoms with E-state index in [9.17, 15) is 4.79 Å². The number of hydrogen-bond acceptors (Lipinski definition) is 3. The Hall–Kier alpha value is -2.26. The van der Waals surface area contributed by atoms with Crippen molar-refractivity contribution in [2.75, 3.05) is 0 Å². The molecule has 3 rings (SSSR count). The van der Waals surface area contributed by atoms with Crippen LogP contribution in [0.2, 0.25) is 0 Å². The lowest BCUT2D eigenvalue weighted by atomic mass is 10.1. The van der Waals surface area contributed by atoms with Gasteiger partial charge in [-0.3, -0.25) is 4.79 Å². The molecule has 2 aromatic carbocycles. The maximum absolute atomic E-state index is 10.9. The lowest BCUT2D eigenvalue weighted by Gasteiger charge is -1.96. The second-order valence-electron chi connectivity index (χ2n) is 4.10. The molecule has 0 aliphatic heterocycles. The first-order chi connectivity index (χ1) is 9.36. The third-order valence-corrected chi connectivity index (χ3v) is 3.84. The molecular weight excluding hydrogens is 254 g/mol. The van der Waals surface area contributed by atoms with Gasteiger partial charge in [-0.25, -0.2) is 4.98 Å². The molecule has 19 heavy (non-hydrogen) atoms. The predicted molar refractivity (Wildman–Crippen MR) is 80.4 cm³/mol. The highest BCUT2D eigenvalue weighted by Gasteiger charge is 2.00. The number of carbonyl (C=O) groups is 1. The largest absolute Gasteiger partial charge is 0.298 e. The lowest BCUT2D eigenvalue weighted by Crippen LogP contribution is -1.83. The fourth-order valence-corrected chi connectivity index (χ4v) is 2.76. The summed E-state index contributed by atoms with van der Waals surface area (Å²) in [6.07, 6.45) is 4.76. The Labute approximate surface area is 115 Å². The zero-order valence-corrected chi connectivity index (χ0v) is 10.9. The van der Waals surface area contributed by atoms with E-state index in [-0.39, 0.29) is 0 Å². The summed E-state index contributed by atoms with van der Waals surface area (Å²) in [7, 11) is 0. The van der Waals surface area contributed by atoms with Crippen LogP contribution in [0.4, 0.5) is 0 Å². The molecule has 3 heteroatoms. The Morgan fingerprint density at radius 1 is 0.895 bits per heavy atom. The summed E-state index contributed by atoms with van der Waals surface area (Å²) in [5, 5.41) is 0.946. The zero-order chi connectivity index (χ0) is 13.1. The summed E-state index contributed by atoms with van der Waals surface area (Å²) in [4.78, 5) is 15.5. The first kappa shape index (κ1) is 11.8. The summed E-state index contributed by atoms with van der Waals surface area (Å²) in [6.45, 7) is 0. The topological polar surface area (TPSA) is 30.0 Å². The second kappa shape index (κ2) is 5.16. The average molecular weight is 265 g/mol. The highest BCUT2D eigenvalue weighted by molar-refractivity contribution is 7.19. The molecule has 0 atom stereocenters. The lowest BCUT2D eigenvalue weighted by molar-refractivity contribution is 0.112. The van der Waals surface area contributed by atoms with Gasteiger partial charge in [0.25, 0.3) is 0 Å². The Balaban J connectivity index is 1.95. The van der Waals surface area contributed by atoms with Gasteiger partial charge < -0.3 is 0 Å². The van der Waals surface area contributed by atoms with Gasteiger partial charge in [-0.05, 0) is 23.8 Å². The van der Waals surface area contributed by atoms with Crippen LogP contribution in [-0.4, -0.2) is 11.3 Å². The summed E-state index contributed by atoms with van der Waals surface area (Å²) in [6, 6.07) is 15.6. The van der Waals surface area contributed by atoms with E-state index in [0.717, 1.165) is 22.4 Å². The Bertz CT molecular complexity index is 725. The first-order valence-corrected chi connectivity index (χ1v) is 6.76. The molecule has 0 unspecified atom stereocenters. The molecule has 0 bridgehead atoms. The van der Waals surface area contributed by atoms with Gasteiger partial charge in [0.1, 0.15) is 5.01 Å². The van der Waals surface area contributed by atoms with Crippen LogP contribution in [-0.2, 0) is 0 Å². The molecule has 0 amide bonds. The van der Waals surface area contributed by atoms with Crippen LogP contribution in [0.1, 0.15) is 20.9 Å². The minimum atomic E-state index is 0.694. The fourth-order valence-electron chi connectivity index (χ4n) is 1.89. The minimum Gasteiger partial charge on any atom is -0.298 e. The van der Waals surface area contributed by atoms with E-state index in [2.05, 4.69) is 11.1 Å². The zero-order valence-electron chi connectivity index (χ0n) is 10.1. The normalized spacial score (nSPS) is 11.2. The average Bonchev–Trinajstić information content (AvgIpc) is 2.88. The smallest absolute Gasteiger partial charge is 0.150 e.